The Labute approximate surface area is 166 Å². The first kappa shape index (κ1) is 18.1. The van der Waals surface area contributed by atoms with Crippen LogP contribution in [0.5, 0.6) is 0 Å². The van der Waals surface area contributed by atoms with Crippen molar-refractivity contribution in [1.82, 2.24) is 9.97 Å². The monoisotopic (exact) mass is 389 g/mol. The van der Waals surface area contributed by atoms with Gasteiger partial charge in [-0.2, -0.15) is 0 Å². The molecule has 0 amide bonds. The van der Waals surface area contributed by atoms with Gasteiger partial charge in [-0.1, -0.05) is 30.3 Å². The van der Waals surface area contributed by atoms with Crippen molar-refractivity contribution in [2.75, 3.05) is 5.73 Å². The molecule has 4 rings (SSSR count). The molecule has 0 aliphatic heterocycles. The Kier molecular flexibility index (Phi) is 4.79. The van der Waals surface area contributed by atoms with Crippen molar-refractivity contribution in [3.63, 3.8) is 0 Å². The predicted molar refractivity (Wildman–Crippen MR) is 113 cm³/mol. The number of nitrogens with two attached hydrogens (primary N) is 1. The van der Waals surface area contributed by atoms with Gasteiger partial charge in [0.1, 0.15) is 0 Å². The molecule has 0 saturated heterocycles. The maximum absolute atomic E-state index is 10.9. The fourth-order valence-corrected chi connectivity index (χ4v) is 4.54. The molecule has 6 heteroatoms. The number of carboxylic acid groups (broad SMARTS) is 1. The van der Waals surface area contributed by atoms with Gasteiger partial charge in [0.05, 0.1) is 17.0 Å². The second-order valence-electron chi connectivity index (χ2n) is 6.75. The van der Waals surface area contributed by atoms with Crippen molar-refractivity contribution in [2.24, 2.45) is 0 Å². The van der Waals surface area contributed by atoms with Crippen LogP contribution < -0.4 is 5.73 Å². The van der Waals surface area contributed by atoms with Crippen LogP contribution in [0.1, 0.15) is 22.3 Å². The van der Waals surface area contributed by atoms with Gasteiger partial charge in [-0.05, 0) is 59.2 Å². The molecule has 0 aliphatic carbocycles. The number of aromatic nitrogens is 2. The number of aryl methyl sites for hydroxylation is 1. The summed E-state index contributed by atoms with van der Waals surface area (Å²) in [5, 5.41) is 10.2. The average molecular weight is 389 g/mol. The van der Waals surface area contributed by atoms with Gasteiger partial charge in [0.2, 0.25) is 5.95 Å². The first-order valence-electron chi connectivity index (χ1n) is 8.90. The first-order chi connectivity index (χ1) is 13.5. The summed E-state index contributed by atoms with van der Waals surface area (Å²) < 4.78 is 1.20. The molecule has 2 heterocycles. The molecule has 4 aromatic rings. The van der Waals surface area contributed by atoms with Crippen LogP contribution in [0.25, 0.3) is 20.7 Å². The number of rotatable bonds is 5. The van der Waals surface area contributed by atoms with Crippen LogP contribution in [0.2, 0.25) is 0 Å². The van der Waals surface area contributed by atoms with E-state index < -0.39 is 5.97 Å². The number of nitrogens with zero attached hydrogens (tertiary/aromatic N) is 2. The minimum absolute atomic E-state index is 0.0436. The van der Waals surface area contributed by atoms with E-state index in [1.807, 2.05) is 30.3 Å². The van der Waals surface area contributed by atoms with Crippen LogP contribution in [0.15, 0.2) is 54.7 Å². The summed E-state index contributed by atoms with van der Waals surface area (Å²) in [7, 11) is 0. The van der Waals surface area contributed by atoms with Crippen molar-refractivity contribution in [1.29, 1.82) is 0 Å². The molecule has 28 heavy (non-hydrogen) atoms. The molecule has 2 aromatic heterocycles. The molecule has 0 bridgehead atoms. The summed E-state index contributed by atoms with van der Waals surface area (Å²) in [4.78, 5) is 20.4. The standard InChI is InChI=1S/C22H19N3O2S/c1-13-17-11-16(10-14-3-2-4-15(9-14)12-20(26)27)5-6-19(17)28-21(13)18-7-8-24-22(23)25-18/h2-9,11H,10,12H2,1H3,(H,26,27)(H2,23,24,25). The second-order valence-corrected chi connectivity index (χ2v) is 7.81. The van der Waals surface area contributed by atoms with Gasteiger partial charge < -0.3 is 10.8 Å². The summed E-state index contributed by atoms with van der Waals surface area (Å²) in [6.07, 6.45) is 2.48. The van der Waals surface area contributed by atoms with E-state index in [-0.39, 0.29) is 12.4 Å². The normalized spacial score (nSPS) is 11.0. The third-order valence-corrected chi connectivity index (χ3v) is 5.96. The van der Waals surface area contributed by atoms with Gasteiger partial charge in [-0.3, -0.25) is 4.79 Å². The minimum Gasteiger partial charge on any atom is -0.481 e. The summed E-state index contributed by atoms with van der Waals surface area (Å²) in [6.45, 7) is 2.10. The van der Waals surface area contributed by atoms with Crippen LogP contribution in [0, 0.1) is 6.92 Å². The molecule has 0 aliphatic rings. The van der Waals surface area contributed by atoms with Gasteiger partial charge in [0.25, 0.3) is 0 Å². The molecule has 0 unspecified atom stereocenters. The summed E-state index contributed by atoms with van der Waals surface area (Å²) in [6, 6.07) is 16.1. The zero-order valence-corrected chi connectivity index (χ0v) is 16.2. The maximum atomic E-state index is 10.9. The van der Waals surface area contributed by atoms with Crippen LogP contribution in [-0.4, -0.2) is 21.0 Å². The van der Waals surface area contributed by atoms with Gasteiger partial charge in [-0.15, -0.1) is 11.3 Å². The predicted octanol–water partition coefficient (Wildman–Crippen LogP) is 4.47. The zero-order valence-electron chi connectivity index (χ0n) is 15.3. The smallest absolute Gasteiger partial charge is 0.307 e. The lowest BCUT2D eigenvalue weighted by atomic mass is 10.00. The van der Waals surface area contributed by atoms with Crippen molar-refractivity contribution < 1.29 is 9.90 Å². The molecular weight excluding hydrogens is 370 g/mol. The summed E-state index contributed by atoms with van der Waals surface area (Å²) in [5.41, 5.74) is 10.9. The van der Waals surface area contributed by atoms with E-state index in [2.05, 4.69) is 35.1 Å². The quantitative estimate of drug-likeness (QED) is 0.526. The Morgan fingerprint density at radius 3 is 2.68 bits per heavy atom. The largest absolute Gasteiger partial charge is 0.481 e. The first-order valence-corrected chi connectivity index (χ1v) is 9.72. The molecule has 5 nitrogen and oxygen atoms in total. The Balaban J connectivity index is 1.67. The third-order valence-electron chi connectivity index (χ3n) is 4.66. The zero-order chi connectivity index (χ0) is 19.7. The number of thiophene rings is 1. The fraction of sp³-hybridized carbons (Fsp3) is 0.136. The Morgan fingerprint density at radius 1 is 1.11 bits per heavy atom. The SMILES string of the molecule is Cc1c(-c2ccnc(N)n2)sc2ccc(Cc3cccc(CC(=O)O)c3)cc12. The number of nitrogen functional groups attached to an aromatic ring is 1. The van der Waals surface area contributed by atoms with Crippen LogP contribution in [-0.2, 0) is 17.6 Å². The average Bonchev–Trinajstić information content (AvgIpc) is 2.98. The number of carbonyl (C=O) groups is 1. The molecule has 2 aromatic carbocycles. The van der Waals surface area contributed by atoms with E-state index in [0.717, 1.165) is 28.1 Å². The number of anilines is 1. The van der Waals surface area contributed by atoms with Gasteiger partial charge in [-0.25, -0.2) is 9.97 Å². The highest BCUT2D eigenvalue weighted by Gasteiger charge is 2.13. The van der Waals surface area contributed by atoms with Gasteiger partial charge >= 0.3 is 5.97 Å². The van der Waals surface area contributed by atoms with E-state index in [4.69, 9.17) is 10.8 Å². The number of hydrogen-bond acceptors (Lipinski definition) is 5. The van der Waals surface area contributed by atoms with Crippen molar-refractivity contribution in [3.05, 3.63) is 77.0 Å². The van der Waals surface area contributed by atoms with E-state index in [0.29, 0.717) is 0 Å². The molecule has 140 valence electrons. The highest BCUT2D eigenvalue weighted by Crippen LogP contribution is 2.38. The lowest BCUT2D eigenvalue weighted by molar-refractivity contribution is -0.136. The third kappa shape index (κ3) is 3.73. The number of fused-ring (bicyclic) bond motifs is 1. The van der Waals surface area contributed by atoms with E-state index in [9.17, 15) is 4.79 Å². The Bertz CT molecular complexity index is 1180. The highest BCUT2D eigenvalue weighted by molar-refractivity contribution is 7.22. The van der Waals surface area contributed by atoms with Crippen LogP contribution >= 0.6 is 11.3 Å². The Morgan fingerprint density at radius 2 is 1.89 bits per heavy atom. The lowest BCUT2D eigenvalue weighted by Crippen LogP contribution is -2.00. The fourth-order valence-electron chi connectivity index (χ4n) is 3.38. The van der Waals surface area contributed by atoms with E-state index in [1.54, 1.807) is 17.5 Å². The number of carboxylic acids is 1. The minimum atomic E-state index is -0.814. The lowest BCUT2D eigenvalue weighted by Gasteiger charge is -2.05. The van der Waals surface area contributed by atoms with Crippen molar-refractivity contribution in [2.45, 2.75) is 19.8 Å². The maximum Gasteiger partial charge on any atom is 0.307 e. The molecule has 0 radical (unpaired) electrons. The number of aliphatic carboxylic acids is 1. The summed E-state index contributed by atoms with van der Waals surface area (Å²) >= 11 is 1.70. The van der Waals surface area contributed by atoms with Crippen molar-refractivity contribution in [3.8, 4) is 10.6 Å². The van der Waals surface area contributed by atoms with Gasteiger partial charge in [0, 0.05) is 10.9 Å². The van der Waals surface area contributed by atoms with Crippen LogP contribution in [0.4, 0.5) is 5.95 Å². The highest BCUT2D eigenvalue weighted by atomic mass is 32.1. The second kappa shape index (κ2) is 7.40. The molecule has 0 atom stereocenters. The summed E-state index contributed by atoms with van der Waals surface area (Å²) in [5.74, 6) is -0.540. The van der Waals surface area contributed by atoms with E-state index >= 15 is 0 Å². The number of benzene rings is 2. The van der Waals surface area contributed by atoms with Gasteiger partial charge in [0.15, 0.2) is 0 Å². The van der Waals surface area contributed by atoms with Crippen LogP contribution in [0.3, 0.4) is 0 Å². The molecule has 0 saturated carbocycles. The topological polar surface area (TPSA) is 89.1 Å². The molecule has 0 spiro atoms. The molecular formula is C22H19N3O2S. The molecule has 0 fully saturated rings. The Hall–Kier alpha value is -3.25. The van der Waals surface area contributed by atoms with Crippen molar-refractivity contribution >= 4 is 33.3 Å². The van der Waals surface area contributed by atoms with E-state index in [1.165, 1.54) is 21.2 Å². The molecule has 3 N–H and O–H groups in total. The number of hydrogen-bond donors (Lipinski definition) is 2.